The average Bonchev–Trinajstić information content (AvgIpc) is 2.84. The molecule has 2 aromatic rings. The van der Waals surface area contributed by atoms with Gasteiger partial charge in [0.2, 0.25) is 0 Å². The summed E-state index contributed by atoms with van der Waals surface area (Å²) in [5.74, 6) is 1.52. The van der Waals surface area contributed by atoms with E-state index in [-0.39, 0.29) is 5.82 Å². The van der Waals surface area contributed by atoms with Crippen LogP contribution >= 0.6 is 0 Å². The molecule has 0 aliphatic carbocycles. The van der Waals surface area contributed by atoms with Crippen molar-refractivity contribution in [1.82, 2.24) is 5.32 Å². The molecule has 102 valence electrons. The van der Waals surface area contributed by atoms with E-state index in [0.29, 0.717) is 12.2 Å². The lowest BCUT2D eigenvalue weighted by Gasteiger charge is -2.18. The van der Waals surface area contributed by atoms with Crippen LogP contribution in [0, 0.1) is 5.82 Å². The molecule has 0 fully saturated rings. The van der Waals surface area contributed by atoms with Crippen molar-refractivity contribution in [2.24, 2.45) is 0 Å². The predicted molar refractivity (Wildman–Crippen MR) is 74.6 cm³/mol. The quantitative estimate of drug-likeness (QED) is 0.866. The molecule has 0 amide bonds. The van der Waals surface area contributed by atoms with Gasteiger partial charge in [-0.3, -0.25) is 0 Å². The Balaban J connectivity index is 2.01. The SMILES string of the molecule is CCNCc1ccc(CN(C)c2ccccc2F)o1. The molecule has 1 aromatic carbocycles. The normalized spacial score (nSPS) is 10.7. The van der Waals surface area contributed by atoms with E-state index in [2.05, 4.69) is 12.2 Å². The molecule has 0 bridgehead atoms. The summed E-state index contributed by atoms with van der Waals surface area (Å²) in [5, 5.41) is 3.20. The highest BCUT2D eigenvalue weighted by molar-refractivity contribution is 5.46. The van der Waals surface area contributed by atoms with Gasteiger partial charge in [0.25, 0.3) is 0 Å². The number of nitrogens with zero attached hydrogens (tertiary/aromatic N) is 1. The highest BCUT2D eigenvalue weighted by atomic mass is 19.1. The largest absolute Gasteiger partial charge is 0.463 e. The molecule has 1 aromatic heterocycles. The van der Waals surface area contributed by atoms with Crippen molar-refractivity contribution < 1.29 is 8.81 Å². The van der Waals surface area contributed by atoms with Crippen LogP contribution in [0.3, 0.4) is 0 Å². The third-order valence-corrected chi connectivity index (χ3v) is 2.92. The molecule has 0 spiro atoms. The van der Waals surface area contributed by atoms with Crippen molar-refractivity contribution in [3.05, 3.63) is 53.7 Å². The Morgan fingerprint density at radius 1 is 1.16 bits per heavy atom. The maximum Gasteiger partial charge on any atom is 0.146 e. The number of furan rings is 1. The molecule has 3 nitrogen and oxygen atoms in total. The summed E-state index contributed by atoms with van der Waals surface area (Å²) in [6.07, 6.45) is 0. The smallest absolute Gasteiger partial charge is 0.146 e. The number of benzene rings is 1. The van der Waals surface area contributed by atoms with Crippen LogP contribution < -0.4 is 10.2 Å². The maximum atomic E-state index is 13.6. The minimum absolute atomic E-state index is 0.218. The fourth-order valence-electron chi connectivity index (χ4n) is 1.93. The van der Waals surface area contributed by atoms with Crippen LogP contribution in [-0.4, -0.2) is 13.6 Å². The van der Waals surface area contributed by atoms with Gasteiger partial charge in [-0.25, -0.2) is 4.39 Å². The van der Waals surface area contributed by atoms with Gasteiger partial charge in [-0.15, -0.1) is 0 Å². The van der Waals surface area contributed by atoms with Crippen molar-refractivity contribution in [2.75, 3.05) is 18.5 Å². The van der Waals surface area contributed by atoms with Gasteiger partial charge in [0, 0.05) is 7.05 Å². The molecule has 2 rings (SSSR count). The molecule has 0 saturated carbocycles. The molecule has 0 saturated heterocycles. The standard InChI is InChI=1S/C15H19FN2O/c1-3-17-10-12-8-9-13(19-12)11-18(2)15-7-5-4-6-14(15)16/h4-9,17H,3,10-11H2,1-2H3. The minimum Gasteiger partial charge on any atom is -0.463 e. The maximum absolute atomic E-state index is 13.6. The summed E-state index contributed by atoms with van der Waals surface area (Å²) in [5.41, 5.74) is 0.576. The molecule has 0 aliphatic rings. The summed E-state index contributed by atoms with van der Waals surface area (Å²) in [7, 11) is 1.85. The zero-order chi connectivity index (χ0) is 13.7. The predicted octanol–water partition coefficient (Wildman–Crippen LogP) is 3.16. The molecule has 0 radical (unpaired) electrons. The van der Waals surface area contributed by atoms with Crippen molar-refractivity contribution >= 4 is 5.69 Å². The van der Waals surface area contributed by atoms with Crippen molar-refractivity contribution in [1.29, 1.82) is 0 Å². The zero-order valence-corrected chi connectivity index (χ0v) is 11.3. The van der Waals surface area contributed by atoms with E-state index < -0.39 is 0 Å². The highest BCUT2D eigenvalue weighted by Gasteiger charge is 2.09. The Hall–Kier alpha value is -1.81. The number of rotatable bonds is 6. The molecule has 0 atom stereocenters. The van der Waals surface area contributed by atoms with Gasteiger partial charge in [-0.2, -0.15) is 0 Å². The zero-order valence-electron chi connectivity index (χ0n) is 11.3. The van der Waals surface area contributed by atoms with E-state index in [1.807, 2.05) is 30.1 Å². The van der Waals surface area contributed by atoms with Crippen LogP contribution in [-0.2, 0) is 13.1 Å². The Labute approximate surface area is 113 Å². The average molecular weight is 262 g/mol. The van der Waals surface area contributed by atoms with Crippen LogP contribution in [0.2, 0.25) is 0 Å². The monoisotopic (exact) mass is 262 g/mol. The first-order valence-electron chi connectivity index (χ1n) is 6.44. The first-order valence-corrected chi connectivity index (χ1v) is 6.44. The van der Waals surface area contributed by atoms with Crippen LogP contribution in [0.1, 0.15) is 18.4 Å². The second-order valence-corrected chi connectivity index (χ2v) is 4.46. The fraction of sp³-hybridized carbons (Fsp3) is 0.333. The molecular formula is C15H19FN2O. The number of nitrogens with one attached hydrogen (secondary N) is 1. The Morgan fingerprint density at radius 2 is 1.89 bits per heavy atom. The molecule has 19 heavy (non-hydrogen) atoms. The van der Waals surface area contributed by atoms with E-state index >= 15 is 0 Å². The Morgan fingerprint density at radius 3 is 2.63 bits per heavy atom. The van der Waals surface area contributed by atoms with Crippen molar-refractivity contribution in [2.45, 2.75) is 20.0 Å². The van der Waals surface area contributed by atoms with E-state index in [1.54, 1.807) is 12.1 Å². The van der Waals surface area contributed by atoms with Gasteiger partial charge in [0.1, 0.15) is 17.3 Å². The number of hydrogen-bond acceptors (Lipinski definition) is 3. The Bertz CT molecular complexity index is 524. The number of anilines is 1. The summed E-state index contributed by atoms with van der Waals surface area (Å²) in [6.45, 7) is 4.23. The lowest BCUT2D eigenvalue weighted by atomic mass is 10.2. The van der Waals surface area contributed by atoms with Gasteiger partial charge >= 0.3 is 0 Å². The van der Waals surface area contributed by atoms with Crippen LogP contribution in [0.5, 0.6) is 0 Å². The molecule has 1 N–H and O–H groups in total. The first-order chi connectivity index (χ1) is 9.20. The second-order valence-electron chi connectivity index (χ2n) is 4.46. The topological polar surface area (TPSA) is 28.4 Å². The molecule has 4 heteroatoms. The summed E-state index contributed by atoms with van der Waals surface area (Å²) >= 11 is 0. The summed E-state index contributed by atoms with van der Waals surface area (Å²) in [4.78, 5) is 1.84. The van der Waals surface area contributed by atoms with Gasteiger partial charge in [-0.1, -0.05) is 19.1 Å². The van der Waals surface area contributed by atoms with Crippen LogP contribution in [0.25, 0.3) is 0 Å². The molecule has 0 aliphatic heterocycles. The lowest BCUT2D eigenvalue weighted by Crippen LogP contribution is -2.17. The molecular weight excluding hydrogens is 243 g/mol. The van der Waals surface area contributed by atoms with Crippen LogP contribution in [0.15, 0.2) is 40.8 Å². The lowest BCUT2D eigenvalue weighted by molar-refractivity contribution is 0.448. The third kappa shape index (κ3) is 3.58. The number of halogens is 1. The third-order valence-electron chi connectivity index (χ3n) is 2.92. The first kappa shape index (κ1) is 13.6. The fourth-order valence-corrected chi connectivity index (χ4v) is 1.93. The van der Waals surface area contributed by atoms with Gasteiger partial charge < -0.3 is 14.6 Å². The number of hydrogen-bond donors (Lipinski definition) is 1. The van der Waals surface area contributed by atoms with Crippen LogP contribution in [0.4, 0.5) is 10.1 Å². The van der Waals surface area contributed by atoms with Crippen molar-refractivity contribution in [3.8, 4) is 0 Å². The van der Waals surface area contributed by atoms with E-state index in [0.717, 1.165) is 24.6 Å². The van der Waals surface area contributed by atoms with E-state index in [1.165, 1.54) is 6.07 Å². The Kier molecular flexibility index (Phi) is 4.58. The minimum atomic E-state index is -0.218. The van der Waals surface area contributed by atoms with E-state index in [9.17, 15) is 4.39 Å². The summed E-state index contributed by atoms with van der Waals surface area (Å²) < 4.78 is 19.3. The summed E-state index contributed by atoms with van der Waals surface area (Å²) in [6, 6.07) is 10.6. The van der Waals surface area contributed by atoms with Gasteiger partial charge in [-0.05, 0) is 30.8 Å². The number of para-hydroxylation sites is 1. The van der Waals surface area contributed by atoms with E-state index in [4.69, 9.17) is 4.42 Å². The van der Waals surface area contributed by atoms with Crippen molar-refractivity contribution in [3.63, 3.8) is 0 Å². The van der Waals surface area contributed by atoms with Gasteiger partial charge in [0.05, 0.1) is 18.8 Å². The molecule has 0 unspecified atom stereocenters. The second kappa shape index (κ2) is 6.38. The molecule has 1 heterocycles. The highest BCUT2D eigenvalue weighted by Crippen LogP contribution is 2.20. The van der Waals surface area contributed by atoms with Gasteiger partial charge in [0.15, 0.2) is 0 Å².